The van der Waals surface area contributed by atoms with Crippen molar-refractivity contribution in [3.8, 4) is 11.5 Å². The summed E-state index contributed by atoms with van der Waals surface area (Å²) in [5, 5.41) is 5.98. The lowest BCUT2D eigenvalue weighted by atomic mass is 10.2. The van der Waals surface area contributed by atoms with Crippen molar-refractivity contribution in [2.45, 2.75) is 19.9 Å². The van der Waals surface area contributed by atoms with Gasteiger partial charge in [-0.05, 0) is 30.7 Å². The molecule has 1 aromatic rings. The van der Waals surface area contributed by atoms with E-state index in [0.29, 0.717) is 18.0 Å². The summed E-state index contributed by atoms with van der Waals surface area (Å²) in [6, 6.07) is 5.70. The highest BCUT2D eigenvalue weighted by Crippen LogP contribution is 2.27. The summed E-state index contributed by atoms with van der Waals surface area (Å²) in [5.41, 5.74) is 1.11. The quantitative estimate of drug-likeness (QED) is 0.510. The van der Waals surface area contributed by atoms with E-state index in [0.717, 1.165) is 25.1 Å². The first-order valence-electron chi connectivity index (χ1n) is 7.09. The Bertz CT molecular complexity index is 461. The van der Waals surface area contributed by atoms with Crippen LogP contribution in [0.1, 0.15) is 18.9 Å². The summed E-state index contributed by atoms with van der Waals surface area (Å²) in [4.78, 5) is 11.5. The summed E-state index contributed by atoms with van der Waals surface area (Å²) < 4.78 is 10.8. The minimum Gasteiger partial charge on any atom is -0.493 e. The average molecular weight is 292 g/mol. The van der Waals surface area contributed by atoms with Gasteiger partial charge >= 0.3 is 0 Å². The molecule has 0 spiro atoms. The lowest BCUT2D eigenvalue weighted by Crippen LogP contribution is -2.28. The first-order valence-corrected chi connectivity index (χ1v) is 7.09. The SMILES string of the molecule is C=CCNC(=O)COc1ccc(CNCCC)cc1OC. The Morgan fingerprint density at radius 2 is 2.19 bits per heavy atom. The maximum Gasteiger partial charge on any atom is 0.258 e. The van der Waals surface area contributed by atoms with Gasteiger partial charge in [0, 0.05) is 13.1 Å². The number of ether oxygens (including phenoxy) is 2. The summed E-state index contributed by atoms with van der Waals surface area (Å²) in [5.74, 6) is 0.999. The molecule has 0 saturated heterocycles. The van der Waals surface area contributed by atoms with Gasteiger partial charge in [-0.2, -0.15) is 0 Å². The molecule has 1 amide bonds. The fourth-order valence-electron chi connectivity index (χ4n) is 1.73. The Kier molecular flexibility index (Phi) is 7.97. The highest BCUT2D eigenvalue weighted by Gasteiger charge is 2.08. The van der Waals surface area contributed by atoms with Crippen LogP contribution < -0.4 is 20.1 Å². The molecule has 0 unspecified atom stereocenters. The lowest BCUT2D eigenvalue weighted by Gasteiger charge is -2.12. The monoisotopic (exact) mass is 292 g/mol. The van der Waals surface area contributed by atoms with E-state index in [9.17, 15) is 4.79 Å². The molecule has 21 heavy (non-hydrogen) atoms. The second kappa shape index (κ2) is 9.83. The number of hydrogen-bond donors (Lipinski definition) is 2. The summed E-state index contributed by atoms with van der Waals surface area (Å²) >= 11 is 0. The van der Waals surface area contributed by atoms with Crippen LogP contribution in [0.2, 0.25) is 0 Å². The Balaban J connectivity index is 2.57. The smallest absolute Gasteiger partial charge is 0.258 e. The van der Waals surface area contributed by atoms with Crippen LogP contribution in [0, 0.1) is 0 Å². The van der Waals surface area contributed by atoms with Gasteiger partial charge < -0.3 is 20.1 Å². The number of carbonyl (C=O) groups excluding carboxylic acids is 1. The van der Waals surface area contributed by atoms with Crippen molar-refractivity contribution < 1.29 is 14.3 Å². The maximum absolute atomic E-state index is 11.5. The van der Waals surface area contributed by atoms with E-state index in [4.69, 9.17) is 9.47 Å². The first-order chi connectivity index (χ1) is 10.2. The van der Waals surface area contributed by atoms with Crippen molar-refractivity contribution in [2.75, 3.05) is 26.8 Å². The van der Waals surface area contributed by atoms with Crippen molar-refractivity contribution in [1.82, 2.24) is 10.6 Å². The molecular formula is C16H24N2O3. The third-order valence-electron chi connectivity index (χ3n) is 2.79. The van der Waals surface area contributed by atoms with E-state index in [2.05, 4.69) is 24.1 Å². The number of amides is 1. The Morgan fingerprint density at radius 3 is 2.86 bits per heavy atom. The molecule has 0 radical (unpaired) electrons. The second-order valence-electron chi connectivity index (χ2n) is 4.54. The number of nitrogens with one attached hydrogen (secondary N) is 2. The molecule has 0 bridgehead atoms. The number of hydrogen-bond acceptors (Lipinski definition) is 4. The highest BCUT2D eigenvalue weighted by atomic mass is 16.5. The van der Waals surface area contributed by atoms with Crippen LogP contribution >= 0.6 is 0 Å². The van der Waals surface area contributed by atoms with Crippen LogP contribution in [-0.2, 0) is 11.3 Å². The average Bonchev–Trinajstić information content (AvgIpc) is 2.51. The molecule has 116 valence electrons. The number of rotatable bonds is 10. The van der Waals surface area contributed by atoms with E-state index >= 15 is 0 Å². The van der Waals surface area contributed by atoms with Crippen LogP contribution in [0.15, 0.2) is 30.9 Å². The molecule has 0 aliphatic carbocycles. The van der Waals surface area contributed by atoms with E-state index in [1.807, 2.05) is 18.2 Å². The van der Waals surface area contributed by atoms with Crippen LogP contribution in [0.4, 0.5) is 0 Å². The molecule has 0 fully saturated rings. The summed E-state index contributed by atoms with van der Waals surface area (Å²) in [7, 11) is 1.59. The topological polar surface area (TPSA) is 59.6 Å². The minimum absolute atomic E-state index is 0.0440. The van der Waals surface area contributed by atoms with Gasteiger partial charge in [0.25, 0.3) is 5.91 Å². The standard InChI is InChI=1S/C16H24N2O3/c1-4-8-17-11-13-6-7-14(15(10-13)20-3)21-12-16(19)18-9-5-2/h5-7,10,17H,2,4,8-9,11-12H2,1,3H3,(H,18,19). The Morgan fingerprint density at radius 1 is 1.38 bits per heavy atom. The summed E-state index contributed by atoms with van der Waals surface area (Å²) in [6.45, 7) is 7.81. The fourth-order valence-corrected chi connectivity index (χ4v) is 1.73. The van der Waals surface area contributed by atoms with Gasteiger partial charge in [0.15, 0.2) is 18.1 Å². The highest BCUT2D eigenvalue weighted by molar-refractivity contribution is 5.77. The lowest BCUT2D eigenvalue weighted by molar-refractivity contribution is -0.122. The molecule has 0 aromatic heterocycles. The third kappa shape index (κ3) is 6.31. The number of benzene rings is 1. The van der Waals surface area contributed by atoms with Crippen LogP contribution in [0.5, 0.6) is 11.5 Å². The predicted octanol–water partition coefficient (Wildman–Crippen LogP) is 1.88. The van der Waals surface area contributed by atoms with E-state index in [1.54, 1.807) is 13.2 Å². The van der Waals surface area contributed by atoms with E-state index in [-0.39, 0.29) is 12.5 Å². The predicted molar refractivity (Wildman–Crippen MR) is 83.7 cm³/mol. The van der Waals surface area contributed by atoms with Gasteiger partial charge in [0.05, 0.1) is 7.11 Å². The number of methoxy groups -OCH3 is 1. The molecule has 0 saturated carbocycles. The van der Waals surface area contributed by atoms with E-state index in [1.165, 1.54) is 0 Å². The largest absolute Gasteiger partial charge is 0.493 e. The van der Waals surface area contributed by atoms with Crippen molar-refractivity contribution in [3.05, 3.63) is 36.4 Å². The Hall–Kier alpha value is -2.01. The molecular weight excluding hydrogens is 268 g/mol. The molecule has 0 atom stereocenters. The maximum atomic E-state index is 11.5. The van der Waals surface area contributed by atoms with Gasteiger partial charge in [-0.25, -0.2) is 0 Å². The van der Waals surface area contributed by atoms with Gasteiger partial charge in [0.1, 0.15) is 0 Å². The molecule has 0 aliphatic heterocycles. The molecule has 2 N–H and O–H groups in total. The van der Waals surface area contributed by atoms with Gasteiger partial charge in [-0.1, -0.05) is 19.1 Å². The van der Waals surface area contributed by atoms with Crippen molar-refractivity contribution >= 4 is 5.91 Å². The fraction of sp³-hybridized carbons (Fsp3) is 0.438. The molecule has 0 heterocycles. The molecule has 1 aromatic carbocycles. The van der Waals surface area contributed by atoms with Crippen LogP contribution in [0.25, 0.3) is 0 Å². The van der Waals surface area contributed by atoms with Gasteiger partial charge in [0.2, 0.25) is 0 Å². The summed E-state index contributed by atoms with van der Waals surface area (Å²) in [6.07, 6.45) is 2.72. The molecule has 5 heteroatoms. The second-order valence-corrected chi connectivity index (χ2v) is 4.54. The van der Waals surface area contributed by atoms with Crippen molar-refractivity contribution in [3.63, 3.8) is 0 Å². The van der Waals surface area contributed by atoms with Crippen LogP contribution in [-0.4, -0.2) is 32.7 Å². The Labute approximate surface area is 126 Å². The van der Waals surface area contributed by atoms with Crippen molar-refractivity contribution in [1.29, 1.82) is 0 Å². The van der Waals surface area contributed by atoms with Crippen molar-refractivity contribution in [2.24, 2.45) is 0 Å². The van der Waals surface area contributed by atoms with E-state index < -0.39 is 0 Å². The zero-order valence-corrected chi connectivity index (χ0v) is 12.8. The zero-order valence-electron chi connectivity index (χ0n) is 12.8. The van der Waals surface area contributed by atoms with Crippen LogP contribution in [0.3, 0.4) is 0 Å². The van der Waals surface area contributed by atoms with Gasteiger partial charge in [-0.15, -0.1) is 6.58 Å². The molecule has 0 aliphatic rings. The normalized spacial score (nSPS) is 10.0. The molecule has 1 rings (SSSR count). The zero-order chi connectivity index (χ0) is 15.5. The molecule has 5 nitrogen and oxygen atoms in total. The third-order valence-corrected chi connectivity index (χ3v) is 2.79. The first kappa shape index (κ1) is 17.0. The van der Waals surface area contributed by atoms with Gasteiger partial charge in [-0.3, -0.25) is 4.79 Å². The minimum atomic E-state index is -0.189. The number of carbonyl (C=O) groups is 1.